The highest BCUT2D eigenvalue weighted by molar-refractivity contribution is 9.10. The molecule has 0 bridgehead atoms. The molecule has 4 heteroatoms. The van der Waals surface area contributed by atoms with Gasteiger partial charge in [-0.1, -0.05) is 191 Å². The van der Waals surface area contributed by atoms with E-state index in [1.165, 1.54) is 72.1 Å². The lowest BCUT2D eigenvalue weighted by atomic mass is 9.77. The molecule has 1 saturated heterocycles. The summed E-state index contributed by atoms with van der Waals surface area (Å²) in [6, 6.07) is 60.0. The van der Waals surface area contributed by atoms with Gasteiger partial charge in [-0.3, -0.25) is 4.79 Å². The average molecular weight is 891 g/mol. The molecule has 0 radical (unpaired) electrons. The molecule has 1 aliphatic heterocycles. The number of carbonyl (C=O) groups is 1. The van der Waals surface area contributed by atoms with Crippen molar-refractivity contribution in [1.29, 1.82) is 0 Å². The molecule has 0 saturated carbocycles. The van der Waals surface area contributed by atoms with Gasteiger partial charge in [0.05, 0.1) is 0 Å². The van der Waals surface area contributed by atoms with Gasteiger partial charge in [0.15, 0.2) is 0 Å². The second kappa shape index (κ2) is 17.2. The lowest BCUT2D eigenvalue weighted by Gasteiger charge is -2.43. The minimum atomic E-state index is -1.09. The number of Topliss-reactive ketones (excluding diaryl/α,β-unsaturated/α-hetero) is 1. The van der Waals surface area contributed by atoms with Crippen molar-refractivity contribution in [2.24, 2.45) is 0 Å². The minimum absolute atomic E-state index is 0.0161. The second-order valence-corrected chi connectivity index (χ2v) is 19.7. The Morgan fingerprint density at radius 3 is 1.19 bits per heavy atom. The molecular weight excluding hydrogens is 843 g/mol. The molecule has 0 N–H and O–H groups in total. The van der Waals surface area contributed by atoms with Crippen molar-refractivity contribution in [2.45, 2.75) is 63.7 Å². The molecular formula is C53H47Br2OP. The highest BCUT2D eigenvalue weighted by Crippen LogP contribution is 2.69. The Labute approximate surface area is 356 Å². The van der Waals surface area contributed by atoms with Gasteiger partial charge in [-0.15, -0.1) is 0 Å². The summed E-state index contributed by atoms with van der Waals surface area (Å²) in [6.07, 6.45) is 1.00. The summed E-state index contributed by atoms with van der Waals surface area (Å²) in [5.74, 6) is 0.256. The van der Waals surface area contributed by atoms with Crippen LogP contribution in [0.15, 0.2) is 173 Å². The molecule has 284 valence electrons. The van der Waals surface area contributed by atoms with Crippen LogP contribution in [0.25, 0.3) is 0 Å². The van der Waals surface area contributed by atoms with Crippen LogP contribution in [0.4, 0.5) is 0 Å². The normalized spacial score (nSPS) is 17.9. The van der Waals surface area contributed by atoms with Gasteiger partial charge in [0.2, 0.25) is 0 Å². The van der Waals surface area contributed by atoms with Gasteiger partial charge in [0.25, 0.3) is 0 Å². The molecule has 0 aliphatic carbocycles. The third-order valence-electron chi connectivity index (χ3n) is 11.9. The summed E-state index contributed by atoms with van der Waals surface area (Å²) < 4.78 is 2.12. The van der Waals surface area contributed by atoms with Crippen molar-refractivity contribution in [2.75, 3.05) is 0 Å². The van der Waals surface area contributed by atoms with Crippen LogP contribution in [0.2, 0.25) is 0 Å². The first-order valence-electron chi connectivity index (χ1n) is 19.9. The molecule has 7 aromatic carbocycles. The van der Waals surface area contributed by atoms with Crippen LogP contribution in [-0.2, 0) is 4.79 Å². The van der Waals surface area contributed by atoms with Crippen LogP contribution in [-0.4, -0.2) is 5.78 Å². The zero-order valence-corrected chi connectivity index (χ0v) is 37.0. The predicted octanol–water partition coefficient (Wildman–Crippen LogP) is 14.8. The Balaban J connectivity index is 1.56. The molecule has 1 fully saturated rings. The Kier molecular flexibility index (Phi) is 11.9. The smallest absolute Gasteiger partial charge is 0.134 e. The van der Waals surface area contributed by atoms with E-state index in [4.69, 9.17) is 0 Å². The van der Waals surface area contributed by atoms with E-state index >= 15 is 0 Å². The average Bonchev–Trinajstić information content (AvgIpc) is 3.21. The van der Waals surface area contributed by atoms with E-state index < -0.39 is 7.92 Å². The first-order chi connectivity index (χ1) is 27.7. The zero-order valence-electron chi connectivity index (χ0n) is 32.9. The Morgan fingerprint density at radius 1 is 0.456 bits per heavy atom. The largest absolute Gasteiger partial charge is 0.300 e. The number of halogens is 2. The van der Waals surface area contributed by atoms with Crippen molar-refractivity contribution < 1.29 is 4.79 Å². The summed E-state index contributed by atoms with van der Waals surface area (Å²) in [7, 11) is -1.09. The molecule has 4 unspecified atom stereocenters. The van der Waals surface area contributed by atoms with E-state index in [9.17, 15) is 4.79 Å². The van der Waals surface area contributed by atoms with Gasteiger partial charge in [-0.25, -0.2) is 0 Å². The minimum Gasteiger partial charge on any atom is -0.300 e. The predicted molar refractivity (Wildman–Crippen MR) is 248 cm³/mol. The molecule has 0 aromatic heterocycles. The molecule has 8 rings (SSSR count). The maximum Gasteiger partial charge on any atom is 0.134 e. The molecule has 1 heterocycles. The third kappa shape index (κ3) is 7.80. The van der Waals surface area contributed by atoms with Crippen LogP contribution in [0, 0.1) is 27.7 Å². The van der Waals surface area contributed by atoms with Gasteiger partial charge >= 0.3 is 0 Å². The highest BCUT2D eigenvalue weighted by atomic mass is 79.9. The summed E-state index contributed by atoms with van der Waals surface area (Å²) in [5, 5.41) is 1.41. The van der Waals surface area contributed by atoms with Crippen molar-refractivity contribution in [3.63, 3.8) is 0 Å². The number of benzene rings is 7. The first kappa shape index (κ1) is 39.4. The molecule has 0 spiro atoms. The van der Waals surface area contributed by atoms with Crippen molar-refractivity contribution in [3.8, 4) is 0 Å². The third-order valence-corrected chi connectivity index (χ3v) is 16.7. The Morgan fingerprint density at radius 2 is 0.807 bits per heavy atom. The number of hydrogen-bond acceptors (Lipinski definition) is 1. The first-order valence-corrected chi connectivity index (χ1v) is 22.9. The Hall–Kier alpha value is -4.40. The molecule has 7 aromatic rings. The van der Waals surface area contributed by atoms with Gasteiger partial charge in [-0.2, -0.15) is 0 Å². The van der Waals surface area contributed by atoms with Crippen molar-refractivity contribution in [3.05, 3.63) is 239 Å². The molecule has 1 nitrogen and oxygen atoms in total. The number of aryl methyl sites for hydroxylation is 4. The molecule has 1 aliphatic rings. The summed E-state index contributed by atoms with van der Waals surface area (Å²) in [6.45, 7) is 9.07. The summed E-state index contributed by atoms with van der Waals surface area (Å²) in [5.41, 5.74) is 15.4. The van der Waals surface area contributed by atoms with E-state index in [-0.39, 0.29) is 23.2 Å². The quantitative estimate of drug-likeness (QED) is 0.104. The Bertz CT molecular complexity index is 2330. The SMILES string of the molecule is Cc1cccc(C)c1C(c1ccccc1)c1cccc(C(c2ccccc2)c2c(C)cccc2C)c1P1C(c2ccccc2Br)CC(=O)CC1c1ccccc1Br. The van der Waals surface area contributed by atoms with Crippen molar-refractivity contribution in [1.82, 2.24) is 0 Å². The zero-order chi connectivity index (χ0) is 39.6. The van der Waals surface area contributed by atoms with Gasteiger partial charge < -0.3 is 0 Å². The molecule has 57 heavy (non-hydrogen) atoms. The maximum absolute atomic E-state index is 14.3. The van der Waals surface area contributed by atoms with E-state index in [1.807, 2.05) is 0 Å². The van der Waals surface area contributed by atoms with Crippen LogP contribution in [0.5, 0.6) is 0 Å². The fourth-order valence-electron chi connectivity index (χ4n) is 9.45. The van der Waals surface area contributed by atoms with Crippen molar-refractivity contribution >= 4 is 50.9 Å². The maximum atomic E-state index is 14.3. The van der Waals surface area contributed by atoms with E-state index in [0.717, 1.165) is 8.95 Å². The van der Waals surface area contributed by atoms with Gasteiger partial charge in [0.1, 0.15) is 5.78 Å². The number of rotatable bonds is 9. The lowest BCUT2D eigenvalue weighted by Crippen LogP contribution is -2.30. The highest BCUT2D eigenvalue weighted by Gasteiger charge is 2.44. The van der Waals surface area contributed by atoms with Crippen LogP contribution >= 0.6 is 39.8 Å². The van der Waals surface area contributed by atoms with E-state index in [2.05, 4.69) is 223 Å². The summed E-state index contributed by atoms with van der Waals surface area (Å²) >= 11 is 8.02. The summed E-state index contributed by atoms with van der Waals surface area (Å²) in [4.78, 5) is 14.3. The van der Waals surface area contributed by atoms with Gasteiger partial charge in [0, 0.05) is 44.9 Å². The number of ketones is 1. The topological polar surface area (TPSA) is 17.1 Å². The van der Waals surface area contributed by atoms with Crippen LogP contribution in [0.3, 0.4) is 0 Å². The molecule has 4 atom stereocenters. The number of hydrogen-bond donors (Lipinski definition) is 0. The second-order valence-electron chi connectivity index (χ2n) is 15.5. The molecule has 0 amide bonds. The van der Waals surface area contributed by atoms with E-state index in [0.29, 0.717) is 18.6 Å². The lowest BCUT2D eigenvalue weighted by molar-refractivity contribution is -0.119. The fraction of sp³-hybridized carbons (Fsp3) is 0.189. The van der Waals surface area contributed by atoms with Crippen LogP contribution < -0.4 is 5.30 Å². The fourth-order valence-corrected chi connectivity index (χ4v) is 14.8. The van der Waals surface area contributed by atoms with Gasteiger partial charge in [-0.05, 0) is 112 Å². The standard InChI is InChI=1S/C53H47Br2OP/c1-34-18-15-19-35(2)49(34)51(38-22-7-5-8-23-38)43-28-17-29-44(52(39-24-9-6-10-25-39)50-36(3)20-16-21-37(50)4)53(43)57-47(41-26-11-13-30-45(41)54)32-40(56)33-48(57)42-27-12-14-31-46(42)55/h5-31,47-48,51-52H,32-33H2,1-4H3. The van der Waals surface area contributed by atoms with E-state index in [1.54, 1.807) is 0 Å². The van der Waals surface area contributed by atoms with Crippen LogP contribution in [0.1, 0.15) is 103 Å². The number of carbonyl (C=O) groups excluding carboxylic acids is 1. The monoisotopic (exact) mass is 888 g/mol.